The first kappa shape index (κ1) is 16.8. The highest BCUT2D eigenvalue weighted by Gasteiger charge is 2.20. The standard InChI is InChI=1S/C18H17FN2O4/c1-10-12(18(23)24-3)7-11(25-10)9-21(2)17(22)16-8-13-14(19)5-4-6-15(13)20-16/h4-8,20H,9H2,1-3H3. The van der Waals surface area contributed by atoms with Crippen molar-refractivity contribution in [2.24, 2.45) is 0 Å². The normalized spacial score (nSPS) is 10.9. The number of carbonyl (C=O) groups excluding carboxylic acids is 2. The molecule has 130 valence electrons. The Labute approximate surface area is 143 Å². The molecule has 2 heterocycles. The Kier molecular flexibility index (Phi) is 4.31. The Balaban J connectivity index is 1.80. The molecule has 0 aliphatic carbocycles. The number of halogens is 1. The summed E-state index contributed by atoms with van der Waals surface area (Å²) in [4.78, 5) is 28.5. The molecule has 0 unspecified atom stereocenters. The van der Waals surface area contributed by atoms with Gasteiger partial charge in [0, 0.05) is 18.0 Å². The van der Waals surface area contributed by atoms with E-state index in [1.165, 1.54) is 24.1 Å². The number of rotatable bonds is 4. The summed E-state index contributed by atoms with van der Waals surface area (Å²) in [5, 5.41) is 0.362. The third-order valence-corrected chi connectivity index (χ3v) is 3.96. The van der Waals surface area contributed by atoms with Crippen molar-refractivity contribution in [2.75, 3.05) is 14.2 Å². The Bertz CT molecular complexity index is 957. The van der Waals surface area contributed by atoms with E-state index in [2.05, 4.69) is 9.72 Å². The summed E-state index contributed by atoms with van der Waals surface area (Å²) in [5.74, 6) is -0.317. The molecule has 0 aliphatic rings. The molecule has 0 aliphatic heterocycles. The first-order chi connectivity index (χ1) is 11.9. The number of fused-ring (bicyclic) bond motifs is 1. The lowest BCUT2D eigenvalue weighted by Crippen LogP contribution is -2.26. The van der Waals surface area contributed by atoms with Crippen molar-refractivity contribution in [3.05, 3.63) is 58.9 Å². The number of ether oxygens (including phenoxy) is 1. The third kappa shape index (κ3) is 3.13. The van der Waals surface area contributed by atoms with Crippen LogP contribution in [-0.2, 0) is 11.3 Å². The summed E-state index contributed by atoms with van der Waals surface area (Å²) < 4.78 is 23.9. The maximum absolute atomic E-state index is 13.8. The molecular formula is C18H17FN2O4. The summed E-state index contributed by atoms with van der Waals surface area (Å²) in [6.07, 6.45) is 0. The number of nitrogens with zero attached hydrogens (tertiary/aromatic N) is 1. The number of hydrogen-bond acceptors (Lipinski definition) is 4. The van der Waals surface area contributed by atoms with Crippen molar-refractivity contribution in [3.63, 3.8) is 0 Å². The molecule has 3 rings (SSSR count). The number of aromatic nitrogens is 1. The summed E-state index contributed by atoms with van der Waals surface area (Å²) >= 11 is 0. The summed E-state index contributed by atoms with van der Waals surface area (Å²) in [6, 6.07) is 7.65. The summed E-state index contributed by atoms with van der Waals surface area (Å²) in [5.41, 5.74) is 1.16. The highest BCUT2D eigenvalue weighted by Crippen LogP contribution is 2.21. The molecule has 0 atom stereocenters. The molecule has 0 bridgehead atoms. The maximum atomic E-state index is 13.8. The average molecular weight is 344 g/mol. The van der Waals surface area contributed by atoms with E-state index in [0.717, 1.165) is 0 Å². The van der Waals surface area contributed by atoms with Crippen LogP contribution in [0.5, 0.6) is 0 Å². The predicted octanol–water partition coefficient (Wildman–Crippen LogP) is 3.27. The van der Waals surface area contributed by atoms with E-state index in [1.54, 1.807) is 32.2 Å². The van der Waals surface area contributed by atoms with E-state index in [0.29, 0.717) is 28.0 Å². The van der Waals surface area contributed by atoms with Crippen LogP contribution in [0.2, 0.25) is 0 Å². The van der Waals surface area contributed by atoms with Gasteiger partial charge in [0.25, 0.3) is 5.91 Å². The molecule has 7 heteroatoms. The first-order valence-electron chi connectivity index (χ1n) is 7.61. The fraction of sp³-hybridized carbons (Fsp3) is 0.222. The van der Waals surface area contributed by atoms with Crippen molar-refractivity contribution >= 4 is 22.8 Å². The lowest BCUT2D eigenvalue weighted by molar-refractivity contribution is 0.0598. The van der Waals surface area contributed by atoms with Crippen LogP contribution in [0, 0.1) is 12.7 Å². The molecule has 3 aromatic rings. The van der Waals surface area contributed by atoms with Crippen molar-refractivity contribution in [2.45, 2.75) is 13.5 Å². The van der Waals surface area contributed by atoms with E-state index in [4.69, 9.17) is 4.42 Å². The smallest absolute Gasteiger partial charge is 0.341 e. The Hall–Kier alpha value is -3.09. The van der Waals surface area contributed by atoms with Crippen LogP contribution < -0.4 is 0 Å². The van der Waals surface area contributed by atoms with E-state index < -0.39 is 5.97 Å². The van der Waals surface area contributed by atoms with Crippen LogP contribution in [-0.4, -0.2) is 35.9 Å². The zero-order valence-electron chi connectivity index (χ0n) is 14.1. The van der Waals surface area contributed by atoms with Gasteiger partial charge < -0.3 is 19.0 Å². The number of benzene rings is 1. The number of carbonyl (C=O) groups is 2. The Morgan fingerprint density at radius 3 is 2.76 bits per heavy atom. The van der Waals surface area contributed by atoms with Crippen molar-refractivity contribution < 1.29 is 23.1 Å². The van der Waals surface area contributed by atoms with E-state index in [9.17, 15) is 14.0 Å². The highest BCUT2D eigenvalue weighted by molar-refractivity contribution is 5.98. The van der Waals surface area contributed by atoms with Gasteiger partial charge in [0.15, 0.2) is 0 Å². The number of amides is 1. The molecule has 25 heavy (non-hydrogen) atoms. The minimum absolute atomic E-state index is 0.161. The topological polar surface area (TPSA) is 75.5 Å². The number of hydrogen-bond donors (Lipinski definition) is 1. The molecule has 6 nitrogen and oxygen atoms in total. The zero-order chi connectivity index (χ0) is 18.1. The number of aryl methyl sites for hydroxylation is 1. The summed E-state index contributed by atoms with van der Waals surface area (Å²) in [7, 11) is 2.89. The van der Waals surface area contributed by atoms with Crippen LogP contribution in [0.3, 0.4) is 0 Å². The molecule has 2 aromatic heterocycles. The predicted molar refractivity (Wildman–Crippen MR) is 88.8 cm³/mol. The molecule has 1 amide bonds. The minimum Gasteiger partial charge on any atom is -0.465 e. The lowest BCUT2D eigenvalue weighted by atomic mass is 10.2. The number of furan rings is 1. The van der Waals surface area contributed by atoms with Crippen LogP contribution >= 0.6 is 0 Å². The third-order valence-electron chi connectivity index (χ3n) is 3.96. The molecule has 0 saturated heterocycles. The highest BCUT2D eigenvalue weighted by atomic mass is 19.1. The van der Waals surface area contributed by atoms with Crippen LogP contribution in [0.4, 0.5) is 4.39 Å². The molecule has 0 radical (unpaired) electrons. The van der Waals surface area contributed by atoms with Crippen molar-refractivity contribution in [1.29, 1.82) is 0 Å². The van der Waals surface area contributed by atoms with Gasteiger partial charge in [-0.25, -0.2) is 9.18 Å². The molecular weight excluding hydrogens is 327 g/mol. The molecule has 1 aromatic carbocycles. The number of nitrogens with one attached hydrogen (secondary N) is 1. The van der Waals surface area contributed by atoms with Gasteiger partial charge in [0.1, 0.15) is 28.6 Å². The summed E-state index contributed by atoms with van der Waals surface area (Å²) in [6.45, 7) is 1.81. The van der Waals surface area contributed by atoms with Gasteiger partial charge in [-0.05, 0) is 31.2 Å². The lowest BCUT2D eigenvalue weighted by Gasteiger charge is -2.14. The van der Waals surface area contributed by atoms with Gasteiger partial charge in [-0.2, -0.15) is 0 Å². The SMILES string of the molecule is COC(=O)c1cc(CN(C)C(=O)c2cc3c(F)cccc3[nH]2)oc1C. The number of aromatic amines is 1. The second-order valence-corrected chi connectivity index (χ2v) is 5.72. The van der Waals surface area contributed by atoms with Crippen molar-refractivity contribution in [1.82, 2.24) is 9.88 Å². The van der Waals surface area contributed by atoms with Gasteiger partial charge in [0.2, 0.25) is 0 Å². The largest absolute Gasteiger partial charge is 0.465 e. The van der Waals surface area contributed by atoms with E-state index >= 15 is 0 Å². The van der Waals surface area contributed by atoms with Crippen LogP contribution in [0.25, 0.3) is 10.9 Å². The minimum atomic E-state index is -0.493. The Morgan fingerprint density at radius 2 is 2.08 bits per heavy atom. The van der Waals surface area contributed by atoms with Gasteiger partial charge in [-0.3, -0.25) is 4.79 Å². The van der Waals surface area contributed by atoms with Crippen molar-refractivity contribution in [3.8, 4) is 0 Å². The second-order valence-electron chi connectivity index (χ2n) is 5.72. The molecule has 0 saturated carbocycles. The first-order valence-corrected chi connectivity index (χ1v) is 7.61. The molecule has 0 fully saturated rings. The second kappa shape index (κ2) is 6.43. The monoisotopic (exact) mass is 344 g/mol. The molecule has 1 N–H and O–H groups in total. The van der Waals surface area contributed by atoms with Gasteiger partial charge in [0.05, 0.1) is 13.7 Å². The molecule has 0 spiro atoms. The van der Waals surface area contributed by atoms with Gasteiger partial charge in [-0.1, -0.05) is 6.07 Å². The van der Waals surface area contributed by atoms with E-state index in [1.807, 2.05) is 0 Å². The van der Waals surface area contributed by atoms with Gasteiger partial charge in [-0.15, -0.1) is 0 Å². The number of esters is 1. The average Bonchev–Trinajstić information content (AvgIpc) is 3.18. The maximum Gasteiger partial charge on any atom is 0.341 e. The fourth-order valence-electron chi connectivity index (χ4n) is 2.68. The van der Waals surface area contributed by atoms with E-state index in [-0.39, 0.29) is 24.0 Å². The number of H-pyrrole nitrogens is 1. The van der Waals surface area contributed by atoms with Crippen LogP contribution in [0.15, 0.2) is 34.7 Å². The fourth-order valence-corrected chi connectivity index (χ4v) is 2.68. The Morgan fingerprint density at radius 1 is 1.32 bits per heavy atom. The van der Waals surface area contributed by atoms with Crippen LogP contribution in [0.1, 0.15) is 32.4 Å². The number of methoxy groups -OCH3 is 1. The zero-order valence-corrected chi connectivity index (χ0v) is 14.1. The quantitative estimate of drug-likeness (QED) is 0.737. The van der Waals surface area contributed by atoms with Gasteiger partial charge >= 0.3 is 5.97 Å².